The predicted octanol–water partition coefficient (Wildman–Crippen LogP) is 6.62. The van der Waals surface area contributed by atoms with Crippen molar-refractivity contribution in [3.8, 4) is 0 Å². The van der Waals surface area contributed by atoms with Gasteiger partial charge in [0.2, 0.25) is 11.7 Å². The van der Waals surface area contributed by atoms with Gasteiger partial charge in [-0.3, -0.25) is 9.18 Å². The highest BCUT2D eigenvalue weighted by atomic mass is 79.9. The summed E-state index contributed by atoms with van der Waals surface area (Å²) in [4.78, 5) is 18.2. The van der Waals surface area contributed by atoms with E-state index in [0.717, 1.165) is 10.1 Å². The normalized spacial score (nSPS) is 14.0. The van der Waals surface area contributed by atoms with Crippen LogP contribution >= 0.6 is 15.9 Å². The largest absolute Gasteiger partial charge is 0.449 e. The summed E-state index contributed by atoms with van der Waals surface area (Å²) < 4.78 is 64.8. The number of imidazole rings is 1. The highest BCUT2D eigenvalue weighted by Gasteiger charge is 2.40. The molecule has 1 atom stereocenters. The molecule has 0 fully saturated rings. The summed E-state index contributed by atoms with van der Waals surface area (Å²) in [6, 6.07) is 4.69. The number of hydrogen-bond donors (Lipinski definition) is 1. The minimum Gasteiger partial charge on any atom is -0.335 e. The summed E-state index contributed by atoms with van der Waals surface area (Å²) in [5.41, 5.74) is 1.34. The van der Waals surface area contributed by atoms with E-state index in [1.54, 1.807) is 12.1 Å². The van der Waals surface area contributed by atoms with Crippen molar-refractivity contribution in [1.82, 2.24) is 19.8 Å². The molecule has 5 nitrogen and oxygen atoms in total. The van der Waals surface area contributed by atoms with Crippen molar-refractivity contribution in [3.63, 3.8) is 0 Å². The van der Waals surface area contributed by atoms with Gasteiger partial charge in [0.25, 0.3) is 0 Å². The Kier molecular flexibility index (Phi) is 12.4. The fourth-order valence-electron chi connectivity index (χ4n) is 3.97. The van der Waals surface area contributed by atoms with Crippen molar-refractivity contribution >= 4 is 21.8 Å². The third-order valence-corrected chi connectivity index (χ3v) is 5.93. The topological polar surface area (TPSA) is 50.2 Å². The monoisotopic (exact) mass is 594 g/mol. The van der Waals surface area contributed by atoms with E-state index in [9.17, 15) is 26.7 Å². The summed E-state index contributed by atoms with van der Waals surface area (Å²) in [6.45, 7) is 13.1. The number of aryl methyl sites for hydroxylation is 1. The summed E-state index contributed by atoms with van der Waals surface area (Å²) in [5.74, 6) is -1.48. The molecule has 0 saturated heterocycles. The molecule has 1 N–H and O–H groups in total. The number of nitrogens with one attached hydrogen (secondary N) is 1. The molecule has 208 valence electrons. The van der Waals surface area contributed by atoms with Gasteiger partial charge < -0.3 is 14.8 Å². The van der Waals surface area contributed by atoms with Gasteiger partial charge >= 0.3 is 6.18 Å². The Hall–Kier alpha value is -2.27. The number of aromatic nitrogens is 2. The predicted molar refractivity (Wildman–Crippen MR) is 139 cm³/mol. The number of halogens is 6. The van der Waals surface area contributed by atoms with Crippen molar-refractivity contribution in [2.75, 3.05) is 13.7 Å². The average Bonchev–Trinajstić information content (AvgIpc) is 3.13. The number of hydrogen-bond acceptors (Lipinski definition) is 3. The van der Waals surface area contributed by atoms with Crippen molar-refractivity contribution < 1.29 is 26.7 Å². The van der Waals surface area contributed by atoms with Crippen LogP contribution in [0.2, 0.25) is 0 Å². The van der Waals surface area contributed by atoms with E-state index < -0.39 is 12.0 Å². The maximum Gasteiger partial charge on any atom is 0.449 e. The number of carbonyl (C=O) groups is 1. The van der Waals surface area contributed by atoms with Crippen LogP contribution in [0.15, 0.2) is 35.5 Å². The molecule has 0 bridgehead atoms. The van der Waals surface area contributed by atoms with E-state index in [4.69, 9.17) is 0 Å². The Morgan fingerprint density at radius 1 is 1.24 bits per heavy atom. The molecular formula is C26H36BrF5N4O. The van der Waals surface area contributed by atoms with Crippen molar-refractivity contribution in [1.29, 1.82) is 0 Å². The lowest BCUT2D eigenvalue weighted by Crippen LogP contribution is -2.48. The number of benzene rings is 1. The van der Waals surface area contributed by atoms with Gasteiger partial charge in [-0.15, -0.1) is 6.58 Å². The standard InChI is InChI=1S/C22H27BrF4N4O.C3H6.CH3F/c1-13-5-6-14(16(24)9-13)10-15(29-21(2,3)4)11-18(32)30-7-8-31-17(12-30)19(23)28-20(31)22(25,26)27;1-3-2;1-2/h5-6,9,15,29H,7-8,10-12H2,1-4H3;3H,1H2,2H3;1H3. The molecule has 0 radical (unpaired) electrons. The van der Waals surface area contributed by atoms with Crippen LogP contribution in [0.4, 0.5) is 22.0 Å². The van der Waals surface area contributed by atoms with Gasteiger partial charge in [0.1, 0.15) is 10.4 Å². The van der Waals surface area contributed by atoms with Crippen LogP contribution in [0.5, 0.6) is 0 Å². The van der Waals surface area contributed by atoms with Gasteiger partial charge in [0.15, 0.2) is 0 Å². The van der Waals surface area contributed by atoms with E-state index in [-0.39, 0.29) is 54.0 Å². The van der Waals surface area contributed by atoms with Gasteiger partial charge in [-0.2, -0.15) is 13.2 Å². The number of rotatable bonds is 5. The van der Waals surface area contributed by atoms with E-state index >= 15 is 0 Å². The first kappa shape index (κ1) is 32.8. The van der Waals surface area contributed by atoms with Crippen LogP contribution in [-0.2, 0) is 30.5 Å². The first-order valence-corrected chi connectivity index (χ1v) is 12.5. The Balaban J connectivity index is 0.00000127. The van der Waals surface area contributed by atoms with E-state index in [2.05, 4.69) is 32.8 Å². The number of nitrogens with zero attached hydrogens (tertiary/aromatic N) is 3. The van der Waals surface area contributed by atoms with Crippen LogP contribution in [0.3, 0.4) is 0 Å². The summed E-state index contributed by atoms with van der Waals surface area (Å²) in [5, 5.41) is 3.38. The third kappa shape index (κ3) is 9.85. The number of fused-ring (bicyclic) bond motifs is 1. The van der Waals surface area contributed by atoms with Crippen LogP contribution in [-0.4, -0.2) is 45.7 Å². The fraction of sp³-hybridized carbons (Fsp3) is 0.538. The van der Waals surface area contributed by atoms with E-state index in [1.165, 1.54) is 11.0 Å². The van der Waals surface area contributed by atoms with Crippen molar-refractivity contribution in [2.45, 2.75) is 78.3 Å². The number of carbonyl (C=O) groups excluding carboxylic acids is 1. The zero-order valence-corrected chi connectivity index (χ0v) is 23.7. The molecule has 2 aromatic rings. The third-order valence-electron chi connectivity index (χ3n) is 5.30. The van der Waals surface area contributed by atoms with Gasteiger partial charge in [0.05, 0.1) is 19.4 Å². The molecule has 0 saturated carbocycles. The lowest BCUT2D eigenvalue weighted by Gasteiger charge is -2.33. The summed E-state index contributed by atoms with van der Waals surface area (Å²) >= 11 is 3.10. The average molecular weight is 595 g/mol. The molecule has 2 heterocycles. The molecule has 0 aliphatic carbocycles. The Labute approximate surface area is 224 Å². The Bertz CT molecular complexity index is 1050. The molecule has 3 rings (SSSR count). The summed E-state index contributed by atoms with van der Waals surface area (Å²) in [6.07, 6.45) is -2.39. The zero-order chi connectivity index (χ0) is 28.6. The zero-order valence-electron chi connectivity index (χ0n) is 22.1. The maximum absolute atomic E-state index is 14.4. The molecule has 0 spiro atoms. The van der Waals surface area contributed by atoms with Crippen LogP contribution < -0.4 is 5.32 Å². The molecule has 1 aliphatic rings. The minimum atomic E-state index is -4.56. The van der Waals surface area contributed by atoms with Gasteiger partial charge in [-0.05, 0) is 74.2 Å². The lowest BCUT2D eigenvalue weighted by molar-refractivity contribution is -0.148. The first-order valence-electron chi connectivity index (χ1n) is 11.7. The quantitative estimate of drug-likeness (QED) is 0.312. The molecule has 1 aromatic heterocycles. The Morgan fingerprint density at radius 3 is 2.35 bits per heavy atom. The van der Waals surface area contributed by atoms with Gasteiger partial charge in [-0.25, -0.2) is 9.37 Å². The van der Waals surface area contributed by atoms with Gasteiger partial charge in [0, 0.05) is 31.1 Å². The molecule has 1 aliphatic heterocycles. The molecule has 1 unspecified atom stereocenters. The number of amides is 1. The molecule has 1 aromatic carbocycles. The van der Waals surface area contributed by atoms with Crippen LogP contribution in [0.25, 0.3) is 0 Å². The second-order valence-electron chi connectivity index (χ2n) is 9.64. The first-order chi connectivity index (χ1) is 17.2. The Morgan fingerprint density at radius 2 is 1.84 bits per heavy atom. The molecular weight excluding hydrogens is 559 g/mol. The fourth-order valence-corrected chi connectivity index (χ4v) is 4.48. The molecule has 1 amide bonds. The van der Waals surface area contributed by atoms with Crippen molar-refractivity contribution in [2.24, 2.45) is 0 Å². The highest BCUT2D eigenvalue weighted by Crippen LogP contribution is 2.34. The van der Waals surface area contributed by atoms with E-state index in [1.807, 2.05) is 40.7 Å². The SMILES string of the molecule is C=CC.CF.Cc1ccc(CC(CC(=O)N2CCn3c(C(F)(F)F)nc(Br)c3C2)NC(C)(C)C)c(F)c1. The minimum absolute atomic E-state index is 0.0124. The highest BCUT2D eigenvalue weighted by molar-refractivity contribution is 9.10. The molecule has 11 heteroatoms. The summed E-state index contributed by atoms with van der Waals surface area (Å²) in [7, 11) is 0.500. The van der Waals surface area contributed by atoms with Crippen molar-refractivity contribution in [3.05, 3.63) is 63.9 Å². The number of allylic oxidation sites excluding steroid dienone is 1. The smallest absolute Gasteiger partial charge is 0.335 e. The number of alkyl halides is 4. The molecule has 37 heavy (non-hydrogen) atoms. The van der Waals surface area contributed by atoms with Gasteiger partial charge in [-0.1, -0.05) is 18.2 Å². The second kappa shape index (κ2) is 14.0. The van der Waals surface area contributed by atoms with Crippen LogP contribution in [0, 0.1) is 12.7 Å². The lowest BCUT2D eigenvalue weighted by atomic mass is 9.97. The maximum atomic E-state index is 14.4. The van der Waals surface area contributed by atoms with Crippen LogP contribution in [0.1, 0.15) is 56.8 Å². The van der Waals surface area contributed by atoms with E-state index in [0.29, 0.717) is 24.9 Å². The second-order valence-corrected chi connectivity index (χ2v) is 10.4.